The maximum absolute atomic E-state index is 10.2. The summed E-state index contributed by atoms with van der Waals surface area (Å²) in [4.78, 5) is 4.22. The first-order chi connectivity index (χ1) is 6.59. The molecule has 4 heteroatoms. The van der Waals surface area contributed by atoms with Gasteiger partial charge in [-0.2, -0.15) is 5.10 Å². The molecule has 0 bridgehead atoms. The summed E-state index contributed by atoms with van der Waals surface area (Å²) < 4.78 is 1.82. The van der Waals surface area contributed by atoms with E-state index in [1.54, 1.807) is 0 Å². The molecule has 0 unspecified atom stereocenters. The van der Waals surface area contributed by atoms with E-state index in [0.29, 0.717) is 6.54 Å². The molecule has 1 fully saturated rings. The van der Waals surface area contributed by atoms with Gasteiger partial charge in [0.15, 0.2) is 0 Å². The summed E-state index contributed by atoms with van der Waals surface area (Å²) in [7, 11) is 0. The maximum atomic E-state index is 10.2. The fraction of sp³-hybridized carbons (Fsp3) is 0.800. The van der Waals surface area contributed by atoms with Crippen molar-refractivity contribution in [2.24, 2.45) is 0 Å². The van der Waals surface area contributed by atoms with Gasteiger partial charge in [-0.1, -0.05) is 12.8 Å². The number of hydrogen-bond donors (Lipinski definition) is 1. The Hall–Kier alpha value is -0.900. The third kappa shape index (κ3) is 1.80. The van der Waals surface area contributed by atoms with Crippen molar-refractivity contribution in [1.29, 1.82) is 0 Å². The van der Waals surface area contributed by atoms with Gasteiger partial charge < -0.3 is 5.11 Å². The van der Waals surface area contributed by atoms with Gasteiger partial charge in [0.2, 0.25) is 0 Å². The van der Waals surface area contributed by atoms with Gasteiger partial charge in [-0.05, 0) is 26.7 Å². The van der Waals surface area contributed by atoms with Crippen LogP contribution in [0.15, 0.2) is 0 Å². The van der Waals surface area contributed by atoms with Crippen LogP contribution in [0, 0.1) is 13.8 Å². The Morgan fingerprint density at radius 2 is 2.00 bits per heavy atom. The summed E-state index contributed by atoms with van der Waals surface area (Å²) in [5, 5.41) is 14.5. The fourth-order valence-corrected chi connectivity index (χ4v) is 2.18. The lowest BCUT2D eigenvalue weighted by atomic mass is 10.0. The number of rotatable bonds is 2. The van der Waals surface area contributed by atoms with Crippen LogP contribution < -0.4 is 0 Å². The number of hydrogen-bond acceptors (Lipinski definition) is 3. The van der Waals surface area contributed by atoms with Gasteiger partial charge in [-0.15, -0.1) is 0 Å². The predicted octanol–water partition coefficient (Wildman–Crippen LogP) is 1.20. The van der Waals surface area contributed by atoms with Crippen molar-refractivity contribution in [2.75, 3.05) is 0 Å². The zero-order valence-electron chi connectivity index (χ0n) is 8.82. The van der Waals surface area contributed by atoms with Gasteiger partial charge in [-0.3, -0.25) is 0 Å². The molecule has 1 heterocycles. The second-order valence-corrected chi connectivity index (χ2v) is 4.30. The topological polar surface area (TPSA) is 50.9 Å². The van der Waals surface area contributed by atoms with Crippen molar-refractivity contribution >= 4 is 0 Å². The highest BCUT2D eigenvalue weighted by atomic mass is 16.3. The van der Waals surface area contributed by atoms with E-state index in [-0.39, 0.29) is 0 Å². The van der Waals surface area contributed by atoms with E-state index in [2.05, 4.69) is 10.1 Å². The van der Waals surface area contributed by atoms with Crippen LogP contribution in [-0.2, 0) is 6.54 Å². The number of nitrogens with zero attached hydrogens (tertiary/aromatic N) is 3. The third-order valence-electron chi connectivity index (χ3n) is 2.94. The van der Waals surface area contributed by atoms with E-state index >= 15 is 0 Å². The Bertz CT molecular complexity index is 326. The highest BCUT2D eigenvalue weighted by Crippen LogP contribution is 2.30. The fourth-order valence-electron chi connectivity index (χ4n) is 2.18. The molecule has 0 saturated heterocycles. The van der Waals surface area contributed by atoms with Crippen LogP contribution in [0.4, 0.5) is 0 Å². The number of aliphatic hydroxyl groups is 1. The molecule has 4 nitrogen and oxygen atoms in total. The molecule has 78 valence electrons. The van der Waals surface area contributed by atoms with Crippen molar-refractivity contribution in [3.05, 3.63) is 11.6 Å². The van der Waals surface area contributed by atoms with E-state index in [9.17, 15) is 5.11 Å². The highest BCUT2D eigenvalue weighted by molar-refractivity contribution is 4.92. The van der Waals surface area contributed by atoms with Gasteiger partial charge in [0.1, 0.15) is 11.6 Å². The number of aryl methyl sites for hydroxylation is 2. The average molecular weight is 195 g/mol. The van der Waals surface area contributed by atoms with E-state index in [1.165, 1.54) is 0 Å². The standard InChI is InChI=1S/C10H17N3O/c1-8-11-9(2)13(12-8)7-10(14)5-3-4-6-10/h14H,3-7H2,1-2H3. The third-order valence-corrected chi connectivity index (χ3v) is 2.94. The molecule has 1 N–H and O–H groups in total. The summed E-state index contributed by atoms with van der Waals surface area (Å²) in [6.45, 7) is 4.40. The second kappa shape index (κ2) is 3.35. The summed E-state index contributed by atoms with van der Waals surface area (Å²) >= 11 is 0. The zero-order valence-corrected chi connectivity index (χ0v) is 8.82. The average Bonchev–Trinajstić information content (AvgIpc) is 2.61. The van der Waals surface area contributed by atoms with E-state index in [0.717, 1.165) is 37.3 Å². The van der Waals surface area contributed by atoms with Crippen LogP contribution in [0.5, 0.6) is 0 Å². The SMILES string of the molecule is Cc1nc(C)n(CC2(O)CCCC2)n1. The van der Waals surface area contributed by atoms with Crippen LogP contribution in [0.3, 0.4) is 0 Å². The molecule has 1 aromatic rings. The van der Waals surface area contributed by atoms with E-state index in [4.69, 9.17) is 0 Å². The molecule has 1 aliphatic carbocycles. The molecule has 0 amide bonds. The lowest BCUT2D eigenvalue weighted by Crippen LogP contribution is -2.31. The molecule has 1 aliphatic rings. The summed E-state index contributed by atoms with van der Waals surface area (Å²) in [6, 6.07) is 0. The predicted molar refractivity (Wildman–Crippen MR) is 52.9 cm³/mol. The van der Waals surface area contributed by atoms with Crippen molar-refractivity contribution in [3.63, 3.8) is 0 Å². The molecule has 1 aromatic heterocycles. The normalized spacial score (nSPS) is 20.2. The van der Waals surface area contributed by atoms with Gasteiger partial charge in [0.05, 0.1) is 12.1 Å². The molecular weight excluding hydrogens is 178 g/mol. The Balaban J connectivity index is 2.13. The molecular formula is C10H17N3O. The molecule has 0 radical (unpaired) electrons. The van der Waals surface area contributed by atoms with Crippen LogP contribution in [0.2, 0.25) is 0 Å². The van der Waals surface area contributed by atoms with Gasteiger partial charge in [0.25, 0.3) is 0 Å². The largest absolute Gasteiger partial charge is 0.388 e. The minimum Gasteiger partial charge on any atom is -0.388 e. The zero-order chi connectivity index (χ0) is 10.2. The molecule has 0 atom stereocenters. The van der Waals surface area contributed by atoms with Gasteiger partial charge in [-0.25, -0.2) is 9.67 Å². The smallest absolute Gasteiger partial charge is 0.147 e. The van der Waals surface area contributed by atoms with E-state index < -0.39 is 5.60 Å². The molecule has 0 spiro atoms. The van der Waals surface area contributed by atoms with Crippen LogP contribution in [0.1, 0.15) is 37.3 Å². The molecule has 1 saturated carbocycles. The van der Waals surface area contributed by atoms with Crippen molar-refractivity contribution < 1.29 is 5.11 Å². The Labute approximate surface area is 84.0 Å². The monoisotopic (exact) mass is 195 g/mol. The van der Waals surface area contributed by atoms with Crippen molar-refractivity contribution in [2.45, 2.75) is 51.7 Å². The first-order valence-corrected chi connectivity index (χ1v) is 5.19. The second-order valence-electron chi connectivity index (χ2n) is 4.30. The van der Waals surface area contributed by atoms with Crippen molar-refractivity contribution in [1.82, 2.24) is 14.8 Å². The Morgan fingerprint density at radius 1 is 1.36 bits per heavy atom. The highest BCUT2D eigenvalue weighted by Gasteiger charge is 2.32. The first kappa shape index (κ1) is 9.65. The van der Waals surface area contributed by atoms with Crippen molar-refractivity contribution in [3.8, 4) is 0 Å². The molecule has 0 aromatic carbocycles. The summed E-state index contributed by atoms with van der Waals surface area (Å²) in [5.41, 5.74) is -0.537. The maximum Gasteiger partial charge on any atom is 0.147 e. The Morgan fingerprint density at radius 3 is 2.50 bits per heavy atom. The lowest BCUT2D eigenvalue weighted by Gasteiger charge is -2.21. The number of aromatic nitrogens is 3. The summed E-state index contributed by atoms with van der Waals surface area (Å²) in [6.07, 6.45) is 4.04. The minimum atomic E-state index is -0.537. The van der Waals surface area contributed by atoms with Gasteiger partial charge >= 0.3 is 0 Å². The molecule has 2 rings (SSSR count). The Kier molecular flexibility index (Phi) is 2.31. The van der Waals surface area contributed by atoms with Crippen LogP contribution in [-0.4, -0.2) is 25.5 Å². The minimum absolute atomic E-state index is 0.537. The van der Waals surface area contributed by atoms with Crippen LogP contribution in [0.25, 0.3) is 0 Å². The van der Waals surface area contributed by atoms with E-state index in [1.807, 2.05) is 18.5 Å². The van der Waals surface area contributed by atoms with Gasteiger partial charge in [0, 0.05) is 0 Å². The molecule has 14 heavy (non-hydrogen) atoms. The van der Waals surface area contributed by atoms with Crippen LogP contribution >= 0.6 is 0 Å². The summed E-state index contributed by atoms with van der Waals surface area (Å²) in [5.74, 6) is 1.67. The first-order valence-electron chi connectivity index (χ1n) is 5.19. The lowest BCUT2D eigenvalue weighted by molar-refractivity contribution is 0.0257. The quantitative estimate of drug-likeness (QED) is 0.771. The molecule has 0 aliphatic heterocycles.